The first kappa shape index (κ1) is 20.2. The Bertz CT molecular complexity index is 857. The normalized spacial score (nSPS) is 11.0. The predicted octanol–water partition coefficient (Wildman–Crippen LogP) is 4.59. The molecule has 0 heterocycles. The Morgan fingerprint density at radius 1 is 1.15 bits per heavy atom. The van der Waals surface area contributed by atoms with E-state index in [2.05, 4.69) is 31.4 Å². The highest BCUT2D eigenvalue weighted by atomic mass is 16.6. The molecule has 7 heteroatoms. The number of nitro benzene ring substituents is 1. The van der Waals surface area contributed by atoms with Crippen LogP contribution in [0.3, 0.4) is 0 Å². The second kappa shape index (κ2) is 8.07. The van der Waals surface area contributed by atoms with Crippen LogP contribution in [0.25, 0.3) is 0 Å². The summed E-state index contributed by atoms with van der Waals surface area (Å²) in [7, 11) is 1.53. The molecule has 2 aromatic carbocycles. The summed E-state index contributed by atoms with van der Waals surface area (Å²) in [5.74, 6) is 0.0839. The Kier molecular flexibility index (Phi) is 6.05. The number of hydrogen-bond acceptors (Lipinski definition) is 5. The van der Waals surface area contributed by atoms with Crippen molar-refractivity contribution in [3.8, 4) is 5.75 Å². The van der Waals surface area contributed by atoms with Gasteiger partial charge in [0.25, 0.3) is 11.6 Å². The summed E-state index contributed by atoms with van der Waals surface area (Å²) in [5.41, 5.74) is 1.90. The van der Waals surface area contributed by atoms with Crippen molar-refractivity contribution in [1.29, 1.82) is 0 Å². The number of carbonyl (C=O) groups is 1. The van der Waals surface area contributed by atoms with Gasteiger partial charge in [-0.3, -0.25) is 14.9 Å². The number of nitrogens with one attached hydrogen (secondary N) is 2. The Hall–Kier alpha value is -3.09. The van der Waals surface area contributed by atoms with E-state index in [4.69, 9.17) is 4.74 Å². The highest BCUT2D eigenvalue weighted by Gasteiger charge is 2.20. The molecule has 2 N–H and O–H groups in total. The molecular weight excluding hydrogens is 346 g/mol. The quantitative estimate of drug-likeness (QED) is 0.572. The van der Waals surface area contributed by atoms with E-state index in [9.17, 15) is 14.9 Å². The summed E-state index contributed by atoms with van der Waals surface area (Å²) < 4.78 is 5.33. The summed E-state index contributed by atoms with van der Waals surface area (Å²) in [5, 5.41) is 17.0. The lowest BCUT2D eigenvalue weighted by Crippen LogP contribution is -2.16. The van der Waals surface area contributed by atoms with Crippen LogP contribution in [0, 0.1) is 10.1 Å². The van der Waals surface area contributed by atoms with Crippen molar-refractivity contribution in [2.24, 2.45) is 0 Å². The van der Waals surface area contributed by atoms with Gasteiger partial charge in [-0.05, 0) is 42.2 Å². The highest BCUT2D eigenvalue weighted by molar-refractivity contribution is 6.05. The van der Waals surface area contributed by atoms with E-state index in [1.807, 2.05) is 19.1 Å². The van der Waals surface area contributed by atoms with Crippen molar-refractivity contribution >= 4 is 23.0 Å². The van der Waals surface area contributed by atoms with Crippen molar-refractivity contribution in [1.82, 2.24) is 0 Å². The third-order valence-electron chi connectivity index (χ3n) is 4.14. The van der Waals surface area contributed by atoms with E-state index >= 15 is 0 Å². The second-order valence-corrected chi connectivity index (χ2v) is 7.14. The molecule has 0 spiro atoms. The molecular formula is C20H25N3O4. The standard InChI is InChI=1S/C20H25N3O4/c1-6-21-15-9-7-13(11-17(15)23(25)26)19(24)22-16-12-14(20(2,3)4)8-10-18(16)27-5/h7-12,21H,6H2,1-5H3,(H,22,24). The van der Waals surface area contributed by atoms with E-state index in [1.54, 1.807) is 18.2 Å². The third-order valence-corrected chi connectivity index (χ3v) is 4.14. The van der Waals surface area contributed by atoms with Gasteiger partial charge in [-0.2, -0.15) is 0 Å². The number of anilines is 2. The maximum atomic E-state index is 12.7. The number of methoxy groups -OCH3 is 1. The van der Waals surface area contributed by atoms with Gasteiger partial charge in [0.05, 0.1) is 17.7 Å². The molecule has 0 aliphatic rings. The van der Waals surface area contributed by atoms with Crippen LogP contribution in [0.2, 0.25) is 0 Å². The van der Waals surface area contributed by atoms with Gasteiger partial charge in [-0.15, -0.1) is 0 Å². The van der Waals surface area contributed by atoms with E-state index in [1.165, 1.54) is 13.2 Å². The number of amides is 1. The lowest BCUT2D eigenvalue weighted by atomic mass is 9.87. The average Bonchev–Trinajstić information content (AvgIpc) is 2.61. The average molecular weight is 371 g/mol. The Labute approximate surface area is 158 Å². The number of hydrogen-bond donors (Lipinski definition) is 2. The van der Waals surface area contributed by atoms with Crippen LogP contribution in [-0.4, -0.2) is 24.5 Å². The number of carbonyl (C=O) groups excluding carboxylic acids is 1. The Morgan fingerprint density at radius 3 is 2.41 bits per heavy atom. The maximum absolute atomic E-state index is 12.7. The van der Waals surface area contributed by atoms with Crippen LogP contribution in [0.4, 0.5) is 17.1 Å². The molecule has 1 amide bonds. The molecule has 0 saturated carbocycles. The van der Waals surface area contributed by atoms with Gasteiger partial charge in [0.1, 0.15) is 11.4 Å². The highest BCUT2D eigenvalue weighted by Crippen LogP contribution is 2.32. The SMILES string of the molecule is CCNc1ccc(C(=O)Nc2cc(C(C)(C)C)ccc2OC)cc1[N+](=O)[O-]. The minimum absolute atomic E-state index is 0.0992. The van der Waals surface area contributed by atoms with E-state index < -0.39 is 10.8 Å². The zero-order chi connectivity index (χ0) is 20.2. The number of rotatable bonds is 6. The maximum Gasteiger partial charge on any atom is 0.293 e. The lowest BCUT2D eigenvalue weighted by Gasteiger charge is -2.21. The lowest BCUT2D eigenvalue weighted by molar-refractivity contribution is -0.384. The first-order chi connectivity index (χ1) is 12.7. The zero-order valence-corrected chi connectivity index (χ0v) is 16.3. The van der Waals surface area contributed by atoms with Crippen molar-refractivity contribution in [3.63, 3.8) is 0 Å². The summed E-state index contributed by atoms with van der Waals surface area (Å²) in [4.78, 5) is 23.5. The number of ether oxygens (including phenoxy) is 1. The fraction of sp³-hybridized carbons (Fsp3) is 0.350. The van der Waals surface area contributed by atoms with Gasteiger partial charge >= 0.3 is 0 Å². The molecule has 7 nitrogen and oxygen atoms in total. The zero-order valence-electron chi connectivity index (χ0n) is 16.3. The van der Waals surface area contributed by atoms with Crippen LogP contribution >= 0.6 is 0 Å². The predicted molar refractivity (Wildman–Crippen MR) is 107 cm³/mol. The van der Waals surface area contributed by atoms with Crippen molar-refractivity contribution in [2.75, 3.05) is 24.3 Å². The molecule has 0 aliphatic heterocycles. The van der Waals surface area contributed by atoms with Gasteiger partial charge in [-0.1, -0.05) is 26.8 Å². The van der Waals surface area contributed by atoms with Crippen LogP contribution in [0.15, 0.2) is 36.4 Å². The smallest absolute Gasteiger partial charge is 0.293 e. The molecule has 0 fully saturated rings. The molecule has 0 aliphatic carbocycles. The molecule has 0 aromatic heterocycles. The summed E-state index contributed by atoms with van der Waals surface area (Å²) in [6, 6.07) is 9.97. The number of nitrogens with zero attached hydrogens (tertiary/aromatic N) is 1. The van der Waals surface area contributed by atoms with Gasteiger partial charge in [0.2, 0.25) is 0 Å². The Balaban J connectivity index is 2.37. The minimum atomic E-state index is -0.504. The summed E-state index contributed by atoms with van der Waals surface area (Å²) in [6.45, 7) is 8.61. The fourth-order valence-corrected chi connectivity index (χ4v) is 2.63. The van der Waals surface area contributed by atoms with Crippen molar-refractivity contribution in [3.05, 3.63) is 57.6 Å². The minimum Gasteiger partial charge on any atom is -0.495 e. The molecule has 2 aromatic rings. The van der Waals surface area contributed by atoms with Crippen LogP contribution in [0.1, 0.15) is 43.6 Å². The molecule has 0 radical (unpaired) electrons. The first-order valence-corrected chi connectivity index (χ1v) is 8.69. The molecule has 27 heavy (non-hydrogen) atoms. The van der Waals surface area contributed by atoms with Gasteiger partial charge in [0.15, 0.2) is 0 Å². The van der Waals surface area contributed by atoms with Crippen LogP contribution in [0.5, 0.6) is 5.75 Å². The molecule has 2 rings (SSSR count). The fourth-order valence-electron chi connectivity index (χ4n) is 2.63. The summed E-state index contributed by atoms with van der Waals surface area (Å²) in [6.07, 6.45) is 0. The van der Waals surface area contributed by atoms with Crippen molar-refractivity contribution in [2.45, 2.75) is 33.1 Å². The third kappa shape index (κ3) is 4.75. The number of benzene rings is 2. The largest absolute Gasteiger partial charge is 0.495 e. The monoisotopic (exact) mass is 371 g/mol. The van der Waals surface area contributed by atoms with Crippen LogP contribution < -0.4 is 15.4 Å². The van der Waals surface area contributed by atoms with E-state index in [0.717, 1.165) is 5.56 Å². The first-order valence-electron chi connectivity index (χ1n) is 8.69. The van der Waals surface area contributed by atoms with E-state index in [-0.39, 0.29) is 16.7 Å². The topological polar surface area (TPSA) is 93.5 Å². The molecule has 144 valence electrons. The molecule has 0 bridgehead atoms. The summed E-state index contributed by atoms with van der Waals surface area (Å²) >= 11 is 0. The molecule has 0 saturated heterocycles. The van der Waals surface area contributed by atoms with Gasteiger partial charge in [-0.25, -0.2) is 0 Å². The molecule has 0 atom stereocenters. The second-order valence-electron chi connectivity index (χ2n) is 7.14. The Morgan fingerprint density at radius 2 is 1.85 bits per heavy atom. The van der Waals surface area contributed by atoms with E-state index in [0.29, 0.717) is 23.7 Å². The van der Waals surface area contributed by atoms with Crippen molar-refractivity contribution < 1.29 is 14.5 Å². The van der Waals surface area contributed by atoms with Gasteiger partial charge < -0.3 is 15.4 Å². The van der Waals surface area contributed by atoms with Gasteiger partial charge in [0, 0.05) is 18.2 Å². The van der Waals surface area contributed by atoms with Crippen LogP contribution in [-0.2, 0) is 5.41 Å². The number of nitro groups is 1. The molecule has 0 unspecified atom stereocenters.